The maximum Gasteiger partial charge on any atom is 0.312 e. The Kier molecular flexibility index (Phi) is 5.68. The van der Waals surface area contributed by atoms with E-state index in [1.165, 1.54) is 9.56 Å². The number of rotatable bonds is 7. The highest BCUT2D eigenvalue weighted by Crippen LogP contribution is 2.23. The molecule has 8 nitrogen and oxygen atoms in total. The molecule has 1 unspecified atom stereocenters. The summed E-state index contributed by atoms with van der Waals surface area (Å²) in [5, 5.41) is 20.0. The van der Waals surface area contributed by atoms with Crippen LogP contribution < -0.4 is 5.32 Å². The maximum absolute atomic E-state index is 12.2. The van der Waals surface area contributed by atoms with Crippen molar-refractivity contribution in [2.24, 2.45) is 0 Å². The Morgan fingerprint density at radius 2 is 2.21 bits per heavy atom. The van der Waals surface area contributed by atoms with Crippen molar-refractivity contribution in [1.29, 1.82) is 0 Å². The summed E-state index contributed by atoms with van der Waals surface area (Å²) in [6.07, 6.45) is 0. The predicted octanol–water partition coefficient (Wildman–Crippen LogP) is 1.89. The van der Waals surface area contributed by atoms with Gasteiger partial charge in [-0.15, -0.1) is 11.3 Å². The van der Waals surface area contributed by atoms with E-state index in [1.54, 1.807) is 25.2 Å². The van der Waals surface area contributed by atoms with E-state index in [0.29, 0.717) is 17.9 Å². The molecule has 0 saturated heterocycles. The van der Waals surface area contributed by atoms with E-state index in [9.17, 15) is 14.9 Å². The van der Waals surface area contributed by atoms with Gasteiger partial charge in [-0.2, -0.15) is 5.10 Å². The highest BCUT2D eigenvalue weighted by molar-refractivity contribution is 7.10. The average molecular weight is 351 g/mol. The van der Waals surface area contributed by atoms with Gasteiger partial charge in [-0.25, -0.2) is 0 Å². The van der Waals surface area contributed by atoms with Gasteiger partial charge in [0.25, 0.3) is 0 Å². The van der Waals surface area contributed by atoms with Crippen LogP contribution in [0.4, 0.5) is 5.69 Å². The first-order valence-electron chi connectivity index (χ1n) is 7.46. The summed E-state index contributed by atoms with van der Waals surface area (Å²) in [6, 6.07) is 4.10. The lowest BCUT2D eigenvalue weighted by Crippen LogP contribution is -2.36. The smallest absolute Gasteiger partial charge is 0.312 e. The van der Waals surface area contributed by atoms with Gasteiger partial charge in [0.15, 0.2) is 0 Å². The standard InChI is InChI=1S/C15H21N5O3S/c1-10-15(20(22)23)11(2)19(17-10)9-14(21)16-8-12(18(3)4)13-6-5-7-24-13/h5-7,12H,8-9H2,1-4H3,(H,16,21). The van der Waals surface area contributed by atoms with Crippen molar-refractivity contribution in [2.75, 3.05) is 20.6 Å². The number of carbonyl (C=O) groups excluding carboxylic acids is 1. The molecular weight excluding hydrogens is 330 g/mol. The molecule has 0 radical (unpaired) electrons. The van der Waals surface area contributed by atoms with Crippen LogP contribution in [0.2, 0.25) is 0 Å². The Bertz CT molecular complexity index is 724. The topological polar surface area (TPSA) is 93.3 Å². The Balaban J connectivity index is 2.01. The van der Waals surface area contributed by atoms with Crippen molar-refractivity contribution in [3.8, 4) is 0 Å². The molecule has 2 heterocycles. The van der Waals surface area contributed by atoms with Crippen molar-refractivity contribution >= 4 is 22.9 Å². The molecule has 2 aromatic heterocycles. The van der Waals surface area contributed by atoms with Gasteiger partial charge in [-0.3, -0.25) is 19.6 Å². The van der Waals surface area contributed by atoms with Crippen LogP contribution in [0.15, 0.2) is 17.5 Å². The summed E-state index contributed by atoms with van der Waals surface area (Å²) >= 11 is 1.64. The van der Waals surface area contributed by atoms with Crippen LogP contribution in [0.5, 0.6) is 0 Å². The van der Waals surface area contributed by atoms with Gasteiger partial charge in [-0.05, 0) is 39.4 Å². The largest absolute Gasteiger partial charge is 0.353 e. The van der Waals surface area contributed by atoms with Crippen molar-refractivity contribution in [2.45, 2.75) is 26.4 Å². The van der Waals surface area contributed by atoms with Gasteiger partial charge >= 0.3 is 5.69 Å². The number of nitro groups is 1. The number of carbonyl (C=O) groups is 1. The zero-order valence-corrected chi connectivity index (χ0v) is 15.0. The van der Waals surface area contributed by atoms with Crippen molar-refractivity contribution in [3.63, 3.8) is 0 Å². The summed E-state index contributed by atoms with van der Waals surface area (Å²) in [7, 11) is 3.92. The number of hydrogen-bond donors (Lipinski definition) is 1. The van der Waals surface area contributed by atoms with Gasteiger partial charge in [0.2, 0.25) is 5.91 Å². The van der Waals surface area contributed by atoms with Crippen LogP contribution in [0, 0.1) is 24.0 Å². The molecule has 0 spiro atoms. The molecule has 0 aromatic carbocycles. The molecule has 1 N–H and O–H groups in total. The number of nitrogens with zero attached hydrogens (tertiary/aromatic N) is 4. The molecule has 0 aliphatic carbocycles. The SMILES string of the molecule is Cc1nn(CC(=O)NCC(c2cccs2)N(C)C)c(C)c1[N+](=O)[O-]. The van der Waals surface area contributed by atoms with E-state index in [-0.39, 0.29) is 24.2 Å². The van der Waals surface area contributed by atoms with Crippen LogP contribution in [-0.4, -0.2) is 46.2 Å². The number of amides is 1. The van der Waals surface area contributed by atoms with E-state index in [1.807, 2.05) is 36.5 Å². The fourth-order valence-electron chi connectivity index (χ4n) is 2.53. The molecule has 2 aromatic rings. The highest BCUT2D eigenvalue weighted by atomic mass is 32.1. The lowest BCUT2D eigenvalue weighted by atomic mass is 10.2. The number of aryl methyl sites for hydroxylation is 1. The third-order valence-electron chi connectivity index (χ3n) is 3.81. The van der Waals surface area contributed by atoms with Crippen LogP contribution in [-0.2, 0) is 11.3 Å². The molecular formula is C15H21N5O3S. The number of thiophene rings is 1. The molecule has 1 amide bonds. The average Bonchev–Trinajstić information content (AvgIpc) is 3.08. The second-order valence-electron chi connectivity index (χ2n) is 5.73. The minimum Gasteiger partial charge on any atom is -0.353 e. The van der Waals surface area contributed by atoms with Gasteiger partial charge in [0, 0.05) is 11.4 Å². The van der Waals surface area contributed by atoms with E-state index < -0.39 is 4.92 Å². The number of nitrogens with one attached hydrogen (secondary N) is 1. The monoisotopic (exact) mass is 351 g/mol. The summed E-state index contributed by atoms with van der Waals surface area (Å²) in [5.41, 5.74) is 0.665. The lowest BCUT2D eigenvalue weighted by molar-refractivity contribution is -0.386. The van der Waals surface area contributed by atoms with Crippen molar-refractivity contribution in [1.82, 2.24) is 20.0 Å². The van der Waals surface area contributed by atoms with Crippen LogP contribution in [0.25, 0.3) is 0 Å². The molecule has 130 valence electrons. The zero-order chi connectivity index (χ0) is 17.9. The zero-order valence-electron chi connectivity index (χ0n) is 14.1. The van der Waals surface area contributed by atoms with Crippen molar-refractivity contribution in [3.05, 3.63) is 43.9 Å². The molecule has 0 aliphatic heterocycles. The molecule has 1 atom stereocenters. The summed E-state index contributed by atoms with van der Waals surface area (Å²) in [5.74, 6) is -0.223. The second-order valence-corrected chi connectivity index (χ2v) is 6.71. The Morgan fingerprint density at radius 3 is 2.71 bits per heavy atom. The predicted molar refractivity (Wildman–Crippen MR) is 92.1 cm³/mol. The maximum atomic E-state index is 12.2. The quantitative estimate of drug-likeness (QED) is 0.607. The van der Waals surface area contributed by atoms with Gasteiger partial charge in [0.05, 0.1) is 11.0 Å². The molecule has 0 saturated carbocycles. The molecule has 0 bridgehead atoms. The molecule has 9 heteroatoms. The molecule has 24 heavy (non-hydrogen) atoms. The fourth-order valence-corrected chi connectivity index (χ4v) is 3.45. The van der Waals surface area contributed by atoms with E-state index in [2.05, 4.69) is 10.4 Å². The molecule has 2 rings (SSSR count). The van der Waals surface area contributed by atoms with Gasteiger partial charge in [-0.1, -0.05) is 6.07 Å². The van der Waals surface area contributed by atoms with Crippen molar-refractivity contribution < 1.29 is 9.72 Å². The Labute approximate surface area is 144 Å². The first-order chi connectivity index (χ1) is 11.3. The summed E-state index contributed by atoms with van der Waals surface area (Å²) in [6.45, 7) is 3.59. The summed E-state index contributed by atoms with van der Waals surface area (Å²) in [4.78, 5) is 25.9. The van der Waals surface area contributed by atoms with Gasteiger partial charge < -0.3 is 10.2 Å². The first-order valence-corrected chi connectivity index (χ1v) is 8.34. The third kappa shape index (κ3) is 3.98. The summed E-state index contributed by atoms with van der Waals surface area (Å²) < 4.78 is 1.37. The van der Waals surface area contributed by atoms with Gasteiger partial charge in [0.1, 0.15) is 17.9 Å². The molecule has 0 fully saturated rings. The second kappa shape index (κ2) is 7.54. The van der Waals surface area contributed by atoms with E-state index >= 15 is 0 Å². The number of hydrogen-bond acceptors (Lipinski definition) is 6. The number of aromatic nitrogens is 2. The minimum absolute atomic E-state index is 0.0347. The number of likely N-dealkylation sites (N-methyl/N-ethyl adjacent to an activating group) is 1. The Hall–Kier alpha value is -2.26. The Morgan fingerprint density at radius 1 is 1.50 bits per heavy atom. The van der Waals surface area contributed by atoms with Crippen LogP contribution in [0.1, 0.15) is 22.3 Å². The highest BCUT2D eigenvalue weighted by Gasteiger charge is 2.23. The van der Waals surface area contributed by atoms with E-state index in [4.69, 9.17) is 0 Å². The third-order valence-corrected chi connectivity index (χ3v) is 4.78. The lowest BCUT2D eigenvalue weighted by Gasteiger charge is -2.23. The normalized spacial score (nSPS) is 12.4. The van der Waals surface area contributed by atoms with Crippen LogP contribution in [0.3, 0.4) is 0 Å². The molecule has 0 aliphatic rings. The van der Waals surface area contributed by atoms with E-state index in [0.717, 1.165) is 0 Å². The fraction of sp³-hybridized carbons (Fsp3) is 0.467. The van der Waals surface area contributed by atoms with Crippen LogP contribution >= 0.6 is 11.3 Å². The minimum atomic E-state index is -0.467. The first kappa shape index (κ1) is 18.1.